The summed E-state index contributed by atoms with van der Waals surface area (Å²) in [6.07, 6.45) is -0.323. The van der Waals surface area contributed by atoms with Gasteiger partial charge in [0.25, 0.3) is 5.91 Å². The van der Waals surface area contributed by atoms with Crippen molar-refractivity contribution in [1.82, 2.24) is 30.8 Å². The van der Waals surface area contributed by atoms with E-state index in [-0.39, 0.29) is 18.7 Å². The average molecular weight is 432 g/mol. The average Bonchev–Trinajstić information content (AvgIpc) is 3.28. The smallest absolute Gasteiger partial charge is 0.333 e. The molecule has 0 unspecified atom stereocenters. The highest BCUT2D eigenvalue weighted by Gasteiger charge is 2.21. The first-order chi connectivity index (χ1) is 15.5. The van der Waals surface area contributed by atoms with E-state index >= 15 is 0 Å². The van der Waals surface area contributed by atoms with E-state index in [1.807, 2.05) is 54.6 Å². The van der Waals surface area contributed by atoms with Gasteiger partial charge in [0, 0.05) is 12.7 Å². The molecule has 32 heavy (non-hydrogen) atoms. The lowest BCUT2D eigenvalue weighted by molar-refractivity contribution is -0.148. The number of carbonyl (C=O) groups excluding carboxylic acids is 1. The zero-order valence-electron chi connectivity index (χ0n) is 16.8. The summed E-state index contributed by atoms with van der Waals surface area (Å²) in [4.78, 5) is 27.9. The van der Waals surface area contributed by atoms with Crippen molar-refractivity contribution in [3.05, 3.63) is 78.0 Å². The van der Waals surface area contributed by atoms with E-state index in [9.17, 15) is 14.7 Å². The highest BCUT2D eigenvalue weighted by atomic mass is 16.4. The first-order valence-electron chi connectivity index (χ1n) is 9.77. The second-order valence-corrected chi connectivity index (χ2v) is 7.13. The second kappa shape index (κ2) is 9.33. The minimum absolute atomic E-state index is 0.185. The van der Waals surface area contributed by atoms with Crippen LogP contribution in [0, 0.1) is 0 Å². The normalized spacial score (nSPS) is 12.1. The van der Waals surface area contributed by atoms with Crippen molar-refractivity contribution in [3.8, 4) is 11.1 Å². The van der Waals surface area contributed by atoms with E-state index in [0.29, 0.717) is 11.2 Å². The molecule has 2 aromatic carbocycles. The van der Waals surface area contributed by atoms with Gasteiger partial charge in [-0.1, -0.05) is 54.6 Å². The molecule has 162 valence electrons. The van der Waals surface area contributed by atoms with Gasteiger partial charge in [0.05, 0.1) is 12.1 Å². The summed E-state index contributed by atoms with van der Waals surface area (Å²) in [5, 5.41) is 30.4. The number of hydrogen-bond donors (Lipinski definition) is 4. The van der Waals surface area contributed by atoms with Gasteiger partial charge < -0.3 is 10.2 Å². The first-order valence-corrected chi connectivity index (χ1v) is 9.77. The first kappa shape index (κ1) is 21.1. The standard InChI is InChI=1S/C22H20N6O4/c29-19(22(31)32)13-28(26-21(30)17-10-18-20(23-11-17)25-27-24-18)12-14-6-8-16(9-7-14)15-4-2-1-3-5-15/h1-11,19,29H,12-13H2,(H,26,30)(H,31,32)(H,23,24,25,27)/t19-/m0/s1. The largest absolute Gasteiger partial charge is 0.479 e. The number of aromatic amines is 1. The number of benzene rings is 2. The van der Waals surface area contributed by atoms with Crippen LogP contribution in [0.2, 0.25) is 0 Å². The van der Waals surface area contributed by atoms with Crippen LogP contribution in [0.25, 0.3) is 22.3 Å². The Morgan fingerprint density at radius 2 is 1.75 bits per heavy atom. The molecule has 4 N–H and O–H groups in total. The molecule has 0 saturated carbocycles. The number of carbonyl (C=O) groups is 2. The fourth-order valence-corrected chi connectivity index (χ4v) is 3.16. The van der Waals surface area contributed by atoms with Crippen molar-refractivity contribution in [2.45, 2.75) is 12.6 Å². The number of carboxylic acid groups (broad SMARTS) is 1. The molecule has 0 fully saturated rings. The molecule has 0 bridgehead atoms. The van der Waals surface area contributed by atoms with Crippen molar-refractivity contribution in [3.63, 3.8) is 0 Å². The number of nitrogens with one attached hydrogen (secondary N) is 2. The summed E-state index contributed by atoms with van der Waals surface area (Å²) in [6.45, 7) is -0.119. The number of hydrazine groups is 1. The number of carboxylic acids is 1. The molecule has 0 aliphatic rings. The molecule has 1 atom stereocenters. The fraction of sp³-hybridized carbons (Fsp3) is 0.136. The number of hydrogen-bond acceptors (Lipinski definition) is 7. The Labute approximate surface area is 182 Å². The van der Waals surface area contributed by atoms with Gasteiger partial charge in [-0.15, -0.1) is 5.10 Å². The van der Waals surface area contributed by atoms with Gasteiger partial charge in [-0.2, -0.15) is 10.3 Å². The van der Waals surface area contributed by atoms with Crippen molar-refractivity contribution < 1.29 is 19.8 Å². The van der Waals surface area contributed by atoms with Crippen LogP contribution in [0.15, 0.2) is 66.9 Å². The zero-order chi connectivity index (χ0) is 22.5. The highest BCUT2D eigenvalue weighted by Crippen LogP contribution is 2.19. The molecule has 0 saturated heterocycles. The number of H-pyrrole nitrogens is 1. The molecule has 4 rings (SSSR count). The van der Waals surface area contributed by atoms with Crippen LogP contribution in [-0.4, -0.2) is 60.1 Å². The van der Waals surface area contributed by atoms with E-state index in [0.717, 1.165) is 16.7 Å². The maximum atomic E-state index is 12.7. The van der Waals surface area contributed by atoms with Gasteiger partial charge in [-0.25, -0.2) is 14.8 Å². The second-order valence-electron chi connectivity index (χ2n) is 7.13. The number of aromatic nitrogens is 4. The Hall–Kier alpha value is -4.15. The molecule has 4 aromatic rings. The molecule has 0 radical (unpaired) electrons. The van der Waals surface area contributed by atoms with Gasteiger partial charge in [0.15, 0.2) is 6.10 Å². The van der Waals surface area contributed by atoms with E-state index in [1.54, 1.807) is 0 Å². The maximum Gasteiger partial charge on any atom is 0.333 e. The number of aliphatic hydroxyl groups is 1. The number of aliphatic hydroxyl groups excluding tert-OH is 1. The lowest BCUT2D eigenvalue weighted by atomic mass is 10.0. The molecule has 0 spiro atoms. The predicted molar refractivity (Wildman–Crippen MR) is 115 cm³/mol. The van der Waals surface area contributed by atoms with Crippen LogP contribution in [0.3, 0.4) is 0 Å². The third-order valence-corrected chi connectivity index (χ3v) is 4.81. The number of nitrogens with zero attached hydrogens (tertiary/aromatic N) is 4. The van der Waals surface area contributed by atoms with E-state index < -0.39 is 18.0 Å². The number of pyridine rings is 1. The SMILES string of the molecule is O=C(NN(Cc1ccc(-c2ccccc2)cc1)C[C@H](O)C(=O)O)c1cnc2n[nH]nc2c1. The predicted octanol–water partition coefficient (Wildman–Crippen LogP) is 1.61. The van der Waals surface area contributed by atoms with Crippen molar-refractivity contribution >= 4 is 23.0 Å². The highest BCUT2D eigenvalue weighted by molar-refractivity contribution is 5.95. The van der Waals surface area contributed by atoms with Gasteiger partial charge >= 0.3 is 5.97 Å². The molecule has 2 aromatic heterocycles. The van der Waals surface area contributed by atoms with Gasteiger partial charge in [-0.05, 0) is 22.8 Å². The monoisotopic (exact) mass is 432 g/mol. The van der Waals surface area contributed by atoms with E-state index in [1.165, 1.54) is 17.3 Å². The van der Waals surface area contributed by atoms with Crippen LogP contribution in [-0.2, 0) is 11.3 Å². The number of amides is 1. The van der Waals surface area contributed by atoms with Crippen LogP contribution >= 0.6 is 0 Å². The Morgan fingerprint density at radius 1 is 1.03 bits per heavy atom. The topological polar surface area (TPSA) is 144 Å². The van der Waals surface area contributed by atoms with Crippen molar-refractivity contribution in [1.29, 1.82) is 0 Å². The van der Waals surface area contributed by atoms with Crippen molar-refractivity contribution in [2.75, 3.05) is 6.54 Å². The Morgan fingerprint density at radius 3 is 2.47 bits per heavy atom. The lowest BCUT2D eigenvalue weighted by Gasteiger charge is -2.24. The summed E-state index contributed by atoms with van der Waals surface area (Å²) >= 11 is 0. The van der Waals surface area contributed by atoms with Gasteiger partial charge in [0.2, 0.25) is 5.65 Å². The third-order valence-electron chi connectivity index (χ3n) is 4.81. The molecule has 10 heteroatoms. The number of aliphatic carboxylic acids is 1. The number of fused-ring (bicyclic) bond motifs is 1. The fourth-order valence-electron chi connectivity index (χ4n) is 3.16. The van der Waals surface area contributed by atoms with E-state index in [2.05, 4.69) is 25.8 Å². The van der Waals surface area contributed by atoms with E-state index in [4.69, 9.17) is 5.11 Å². The molecule has 10 nitrogen and oxygen atoms in total. The lowest BCUT2D eigenvalue weighted by Crippen LogP contribution is -2.47. The summed E-state index contributed by atoms with van der Waals surface area (Å²) in [6, 6.07) is 19.0. The molecule has 1 amide bonds. The summed E-state index contributed by atoms with van der Waals surface area (Å²) in [5.74, 6) is -1.89. The minimum Gasteiger partial charge on any atom is -0.479 e. The Balaban J connectivity index is 1.50. The van der Waals surface area contributed by atoms with Gasteiger partial charge in [-0.3, -0.25) is 10.2 Å². The summed E-state index contributed by atoms with van der Waals surface area (Å²) in [7, 11) is 0. The van der Waals surface area contributed by atoms with Gasteiger partial charge in [0.1, 0.15) is 5.52 Å². The minimum atomic E-state index is -1.67. The third kappa shape index (κ3) is 4.94. The molecule has 0 aliphatic carbocycles. The van der Waals surface area contributed by atoms with Crippen LogP contribution < -0.4 is 5.43 Å². The van der Waals surface area contributed by atoms with Crippen LogP contribution in [0.1, 0.15) is 15.9 Å². The molecule has 0 aliphatic heterocycles. The van der Waals surface area contributed by atoms with Crippen LogP contribution in [0.5, 0.6) is 0 Å². The molecular formula is C22H20N6O4. The Kier molecular flexibility index (Phi) is 6.15. The summed E-state index contributed by atoms with van der Waals surface area (Å²) in [5.41, 5.74) is 6.59. The maximum absolute atomic E-state index is 12.7. The van der Waals surface area contributed by atoms with Crippen molar-refractivity contribution in [2.24, 2.45) is 0 Å². The number of rotatable bonds is 8. The zero-order valence-corrected chi connectivity index (χ0v) is 16.8. The molecular weight excluding hydrogens is 412 g/mol. The summed E-state index contributed by atoms with van der Waals surface area (Å²) < 4.78 is 0. The quantitative estimate of drug-likeness (QED) is 0.307. The molecule has 2 heterocycles. The Bertz CT molecular complexity index is 1230. The van der Waals surface area contributed by atoms with Crippen LogP contribution in [0.4, 0.5) is 0 Å².